The first-order chi connectivity index (χ1) is 14.9. The van der Waals surface area contributed by atoms with Crippen molar-refractivity contribution in [3.05, 3.63) is 82.3 Å². The number of aryl methyl sites for hydroxylation is 1. The topological polar surface area (TPSA) is 98.7 Å². The number of hydrogen-bond acceptors (Lipinski definition) is 5. The summed E-state index contributed by atoms with van der Waals surface area (Å²) in [5, 5.41) is 5.51. The van der Waals surface area contributed by atoms with Gasteiger partial charge in [-0.1, -0.05) is 6.07 Å². The molecule has 0 aliphatic heterocycles. The van der Waals surface area contributed by atoms with Crippen LogP contribution in [0.4, 0.5) is 11.4 Å². The van der Waals surface area contributed by atoms with Crippen LogP contribution >= 0.6 is 0 Å². The van der Waals surface area contributed by atoms with Crippen molar-refractivity contribution in [3.63, 3.8) is 0 Å². The molecule has 160 valence electrons. The van der Waals surface area contributed by atoms with Gasteiger partial charge in [0.2, 0.25) is 5.91 Å². The zero-order valence-corrected chi connectivity index (χ0v) is 17.5. The molecular formula is C23H23N3O5. The molecule has 2 aromatic carbocycles. The van der Waals surface area contributed by atoms with Crippen molar-refractivity contribution in [2.45, 2.75) is 13.5 Å². The Hall–Kier alpha value is -4.07. The molecule has 0 unspecified atom stereocenters. The first-order valence-corrected chi connectivity index (χ1v) is 9.50. The van der Waals surface area contributed by atoms with E-state index in [9.17, 15) is 14.4 Å². The highest BCUT2D eigenvalue weighted by atomic mass is 16.5. The van der Waals surface area contributed by atoms with Crippen LogP contribution in [0.3, 0.4) is 0 Å². The van der Waals surface area contributed by atoms with Gasteiger partial charge in [0.05, 0.1) is 19.9 Å². The molecule has 8 heteroatoms. The van der Waals surface area contributed by atoms with E-state index in [4.69, 9.17) is 9.47 Å². The van der Waals surface area contributed by atoms with E-state index in [1.54, 1.807) is 54.7 Å². The van der Waals surface area contributed by atoms with E-state index < -0.39 is 0 Å². The number of methoxy groups -OCH3 is 2. The number of hydrogen-bond donors (Lipinski definition) is 2. The Morgan fingerprint density at radius 1 is 0.935 bits per heavy atom. The summed E-state index contributed by atoms with van der Waals surface area (Å²) in [6.07, 6.45) is 1.63. The second kappa shape index (κ2) is 9.62. The molecule has 0 radical (unpaired) electrons. The molecule has 3 aromatic rings. The lowest BCUT2D eigenvalue weighted by molar-refractivity contribution is -0.116. The van der Waals surface area contributed by atoms with Crippen molar-refractivity contribution >= 4 is 23.2 Å². The molecule has 0 spiro atoms. The fraction of sp³-hybridized carbons (Fsp3) is 0.174. The van der Waals surface area contributed by atoms with Gasteiger partial charge in [0, 0.05) is 29.6 Å². The number of anilines is 2. The van der Waals surface area contributed by atoms with Gasteiger partial charge >= 0.3 is 0 Å². The maximum atomic E-state index is 12.6. The predicted molar refractivity (Wildman–Crippen MR) is 118 cm³/mol. The SMILES string of the molecule is COc1ccc(OC)c(NC(=O)c2ccc(NC(=O)Cn3cc(C)ccc3=O)cc2)c1. The lowest BCUT2D eigenvalue weighted by Gasteiger charge is -2.12. The van der Waals surface area contributed by atoms with Crippen molar-refractivity contribution < 1.29 is 19.1 Å². The van der Waals surface area contributed by atoms with E-state index in [1.807, 2.05) is 6.92 Å². The second-order valence-electron chi connectivity index (χ2n) is 6.82. The molecule has 31 heavy (non-hydrogen) atoms. The number of carbonyl (C=O) groups is 2. The fourth-order valence-electron chi connectivity index (χ4n) is 2.94. The molecule has 0 bridgehead atoms. The highest BCUT2D eigenvalue weighted by Crippen LogP contribution is 2.29. The van der Waals surface area contributed by atoms with Gasteiger partial charge in [-0.05, 0) is 48.9 Å². The third-order valence-electron chi connectivity index (χ3n) is 4.53. The van der Waals surface area contributed by atoms with Crippen LogP contribution in [0.1, 0.15) is 15.9 Å². The van der Waals surface area contributed by atoms with Crippen LogP contribution in [0.25, 0.3) is 0 Å². The minimum atomic E-state index is -0.342. The predicted octanol–water partition coefficient (Wildman–Crippen LogP) is 3.06. The Morgan fingerprint density at radius 2 is 1.68 bits per heavy atom. The van der Waals surface area contributed by atoms with Gasteiger partial charge in [0.15, 0.2) is 0 Å². The molecule has 2 amide bonds. The summed E-state index contributed by atoms with van der Waals surface area (Å²) in [5.41, 5.74) is 2.03. The maximum absolute atomic E-state index is 12.6. The largest absolute Gasteiger partial charge is 0.497 e. The van der Waals surface area contributed by atoms with E-state index >= 15 is 0 Å². The molecule has 0 fully saturated rings. The zero-order chi connectivity index (χ0) is 22.4. The van der Waals surface area contributed by atoms with Crippen LogP contribution in [0.5, 0.6) is 11.5 Å². The van der Waals surface area contributed by atoms with Crippen molar-refractivity contribution in [2.75, 3.05) is 24.9 Å². The maximum Gasteiger partial charge on any atom is 0.255 e. The van der Waals surface area contributed by atoms with E-state index in [2.05, 4.69) is 10.6 Å². The van der Waals surface area contributed by atoms with Crippen molar-refractivity contribution in [1.29, 1.82) is 0 Å². The summed E-state index contributed by atoms with van der Waals surface area (Å²) >= 11 is 0. The summed E-state index contributed by atoms with van der Waals surface area (Å²) in [6.45, 7) is 1.75. The van der Waals surface area contributed by atoms with E-state index in [-0.39, 0.29) is 23.9 Å². The molecule has 0 saturated heterocycles. The van der Waals surface area contributed by atoms with Crippen molar-refractivity contribution in [3.8, 4) is 11.5 Å². The monoisotopic (exact) mass is 421 g/mol. The van der Waals surface area contributed by atoms with E-state index in [0.29, 0.717) is 28.4 Å². The van der Waals surface area contributed by atoms with Gasteiger partial charge in [0.1, 0.15) is 18.0 Å². The number of aromatic nitrogens is 1. The minimum Gasteiger partial charge on any atom is -0.497 e. The summed E-state index contributed by atoms with van der Waals surface area (Å²) in [6, 6.07) is 14.6. The van der Waals surface area contributed by atoms with Gasteiger partial charge < -0.3 is 24.7 Å². The Bertz CT molecular complexity index is 1150. The smallest absolute Gasteiger partial charge is 0.255 e. The Morgan fingerprint density at radius 3 is 2.35 bits per heavy atom. The van der Waals surface area contributed by atoms with Crippen LogP contribution in [0.2, 0.25) is 0 Å². The van der Waals surface area contributed by atoms with Crippen LogP contribution in [-0.4, -0.2) is 30.6 Å². The standard InChI is InChI=1S/C23H23N3O5/c1-15-4-11-22(28)26(13-15)14-21(27)24-17-7-5-16(6-8-17)23(29)25-19-12-18(30-2)9-10-20(19)31-3/h4-13H,14H2,1-3H3,(H,24,27)(H,25,29). The number of nitrogens with one attached hydrogen (secondary N) is 2. The highest BCUT2D eigenvalue weighted by Gasteiger charge is 2.12. The Labute approximate surface area is 179 Å². The number of pyridine rings is 1. The average molecular weight is 421 g/mol. The van der Waals surface area contributed by atoms with Crippen LogP contribution < -0.4 is 25.7 Å². The third kappa shape index (κ3) is 5.51. The minimum absolute atomic E-state index is 0.0988. The Balaban J connectivity index is 1.66. The summed E-state index contributed by atoms with van der Waals surface area (Å²) < 4.78 is 11.8. The number of rotatable bonds is 7. The zero-order valence-electron chi connectivity index (χ0n) is 17.5. The summed E-state index contributed by atoms with van der Waals surface area (Å²) in [5.74, 6) is 0.410. The summed E-state index contributed by atoms with van der Waals surface area (Å²) in [4.78, 5) is 36.7. The molecule has 0 atom stereocenters. The van der Waals surface area contributed by atoms with Gasteiger partial charge in [0.25, 0.3) is 11.5 Å². The van der Waals surface area contributed by atoms with Gasteiger partial charge in [-0.2, -0.15) is 0 Å². The Kier molecular flexibility index (Phi) is 6.71. The lowest BCUT2D eigenvalue weighted by Crippen LogP contribution is -2.26. The lowest BCUT2D eigenvalue weighted by atomic mass is 10.2. The first-order valence-electron chi connectivity index (χ1n) is 9.50. The number of nitrogens with zero attached hydrogens (tertiary/aromatic N) is 1. The average Bonchev–Trinajstić information content (AvgIpc) is 2.76. The second-order valence-corrected chi connectivity index (χ2v) is 6.82. The molecule has 2 N–H and O–H groups in total. The molecular weight excluding hydrogens is 398 g/mol. The van der Waals surface area contributed by atoms with Gasteiger partial charge in [-0.3, -0.25) is 14.4 Å². The quantitative estimate of drug-likeness (QED) is 0.611. The summed E-state index contributed by atoms with van der Waals surface area (Å²) in [7, 11) is 3.05. The van der Waals surface area contributed by atoms with Crippen molar-refractivity contribution in [2.24, 2.45) is 0 Å². The van der Waals surface area contributed by atoms with Crippen LogP contribution in [0.15, 0.2) is 65.6 Å². The van der Waals surface area contributed by atoms with E-state index in [0.717, 1.165) is 5.56 Å². The molecule has 0 aliphatic rings. The first kappa shape index (κ1) is 21.6. The van der Waals surface area contributed by atoms with Crippen LogP contribution in [0, 0.1) is 6.92 Å². The number of amides is 2. The molecule has 3 rings (SSSR count). The number of carbonyl (C=O) groups excluding carboxylic acids is 2. The van der Waals surface area contributed by atoms with E-state index in [1.165, 1.54) is 24.9 Å². The third-order valence-corrected chi connectivity index (χ3v) is 4.53. The fourth-order valence-corrected chi connectivity index (χ4v) is 2.94. The number of ether oxygens (including phenoxy) is 2. The van der Waals surface area contributed by atoms with Gasteiger partial charge in [-0.15, -0.1) is 0 Å². The molecule has 8 nitrogen and oxygen atoms in total. The normalized spacial score (nSPS) is 10.3. The molecule has 1 aromatic heterocycles. The van der Waals surface area contributed by atoms with Crippen LogP contribution in [-0.2, 0) is 11.3 Å². The highest BCUT2D eigenvalue weighted by molar-refractivity contribution is 6.05. The van der Waals surface area contributed by atoms with Gasteiger partial charge in [-0.25, -0.2) is 0 Å². The molecule has 0 aliphatic carbocycles. The number of benzene rings is 2. The molecule has 1 heterocycles. The molecule has 0 saturated carbocycles. The van der Waals surface area contributed by atoms with Crippen molar-refractivity contribution in [1.82, 2.24) is 4.57 Å².